The van der Waals surface area contributed by atoms with E-state index in [1.807, 2.05) is 0 Å². The first-order valence-electron chi connectivity index (χ1n) is 7.28. The molecular formula is C18H13ClFNO3. The fraction of sp³-hybridized carbons (Fsp3) is 0.111. The number of benzene rings is 2. The van der Waals surface area contributed by atoms with Gasteiger partial charge in [-0.1, -0.05) is 35.9 Å². The monoisotopic (exact) mass is 345 g/mol. The van der Waals surface area contributed by atoms with Crippen molar-refractivity contribution in [2.75, 3.05) is 0 Å². The van der Waals surface area contributed by atoms with Gasteiger partial charge >= 0.3 is 5.97 Å². The van der Waals surface area contributed by atoms with E-state index >= 15 is 0 Å². The van der Waals surface area contributed by atoms with Crippen LogP contribution < -0.4 is 4.74 Å². The number of aromatic nitrogens is 1. The van der Waals surface area contributed by atoms with E-state index in [0.717, 1.165) is 0 Å². The number of aryl methyl sites for hydroxylation is 1. The van der Waals surface area contributed by atoms with Crippen LogP contribution in [0, 0.1) is 5.82 Å². The number of rotatable bonds is 5. The summed E-state index contributed by atoms with van der Waals surface area (Å²) in [4.78, 5) is 15.9. The maximum absolute atomic E-state index is 13.7. The van der Waals surface area contributed by atoms with Crippen LogP contribution in [0.1, 0.15) is 12.3 Å². The lowest BCUT2D eigenvalue weighted by Crippen LogP contribution is -2.09. The molecule has 0 N–H and O–H groups in total. The number of carbonyl (C=O) groups is 1. The van der Waals surface area contributed by atoms with Gasteiger partial charge in [-0.15, -0.1) is 0 Å². The molecule has 0 saturated heterocycles. The van der Waals surface area contributed by atoms with E-state index in [0.29, 0.717) is 28.0 Å². The number of oxazole rings is 1. The third-order valence-corrected chi connectivity index (χ3v) is 3.61. The van der Waals surface area contributed by atoms with Gasteiger partial charge in [0, 0.05) is 6.42 Å². The number of nitrogens with zero attached hydrogens (tertiary/aromatic N) is 1. The molecule has 122 valence electrons. The van der Waals surface area contributed by atoms with Crippen molar-refractivity contribution in [1.29, 1.82) is 0 Å². The lowest BCUT2D eigenvalue weighted by Gasteiger charge is -2.04. The zero-order valence-electron chi connectivity index (χ0n) is 12.5. The molecule has 2 aromatic carbocycles. The highest BCUT2D eigenvalue weighted by Gasteiger charge is 2.13. The average Bonchev–Trinajstić information content (AvgIpc) is 3.04. The Kier molecular flexibility index (Phi) is 4.91. The summed E-state index contributed by atoms with van der Waals surface area (Å²) in [6.07, 6.45) is 1.76. The van der Waals surface area contributed by atoms with Gasteiger partial charge in [0.1, 0.15) is 11.6 Å². The van der Waals surface area contributed by atoms with Crippen LogP contribution in [0.2, 0.25) is 5.02 Å². The molecule has 1 heterocycles. The molecule has 0 fully saturated rings. The number of esters is 1. The standard InChI is InChI=1S/C18H13ClFNO3/c19-13-6-2-4-8-15(13)24-18(22)10-9-17-21-11-16(23-17)12-5-1-3-7-14(12)20/h1-8,11H,9-10H2. The Hall–Kier alpha value is -2.66. The molecule has 3 rings (SSSR count). The maximum atomic E-state index is 13.7. The second kappa shape index (κ2) is 7.27. The van der Waals surface area contributed by atoms with Gasteiger partial charge in [0.15, 0.2) is 11.7 Å². The Morgan fingerprint density at radius 3 is 2.71 bits per heavy atom. The van der Waals surface area contributed by atoms with Gasteiger partial charge in [-0.3, -0.25) is 4.79 Å². The van der Waals surface area contributed by atoms with E-state index in [9.17, 15) is 9.18 Å². The van der Waals surface area contributed by atoms with Crippen molar-refractivity contribution < 1.29 is 18.3 Å². The van der Waals surface area contributed by atoms with Crippen LogP contribution in [-0.4, -0.2) is 11.0 Å². The molecule has 0 saturated carbocycles. The quantitative estimate of drug-likeness (QED) is 0.498. The minimum absolute atomic E-state index is 0.0719. The Bertz CT molecular complexity index is 863. The fourth-order valence-electron chi connectivity index (χ4n) is 2.12. The molecule has 0 radical (unpaired) electrons. The highest BCUT2D eigenvalue weighted by Crippen LogP contribution is 2.25. The lowest BCUT2D eigenvalue weighted by atomic mass is 10.2. The van der Waals surface area contributed by atoms with E-state index in [1.165, 1.54) is 12.3 Å². The van der Waals surface area contributed by atoms with E-state index in [-0.39, 0.29) is 12.8 Å². The zero-order chi connectivity index (χ0) is 16.9. The molecule has 0 spiro atoms. The van der Waals surface area contributed by atoms with Crippen molar-refractivity contribution in [3.63, 3.8) is 0 Å². The van der Waals surface area contributed by atoms with Crippen LogP contribution in [0.25, 0.3) is 11.3 Å². The van der Waals surface area contributed by atoms with Crippen molar-refractivity contribution in [2.45, 2.75) is 12.8 Å². The molecule has 0 atom stereocenters. The molecule has 0 aliphatic carbocycles. The number of hydrogen-bond donors (Lipinski definition) is 0. The average molecular weight is 346 g/mol. The lowest BCUT2D eigenvalue weighted by molar-refractivity contribution is -0.134. The smallest absolute Gasteiger partial charge is 0.311 e. The molecule has 0 bridgehead atoms. The molecule has 1 aromatic heterocycles. The number of ether oxygens (including phenoxy) is 1. The first kappa shape index (κ1) is 16.2. The molecule has 0 aliphatic rings. The van der Waals surface area contributed by atoms with Gasteiger partial charge in [-0.2, -0.15) is 0 Å². The van der Waals surface area contributed by atoms with Crippen LogP contribution in [0.4, 0.5) is 4.39 Å². The molecular weight excluding hydrogens is 333 g/mol. The van der Waals surface area contributed by atoms with Gasteiger partial charge in [0.05, 0.1) is 23.2 Å². The van der Waals surface area contributed by atoms with Crippen molar-refractivity contribution >= 4 is 17.6 Å². The summed E-state index contributed by atoms with van der Waals surface area (Å²) < 4.78 is 24.4. The van der Waals surface area contributed by atoms with Crippen molar-refractivity contribution in [3.05, 3.63) is 71.5 Å². The summed E-state index contributed by atoms with van der Waals surface area (Å²) in [5, 5.41) is 0.365. The highest BCUT2D eigenvalue weighted by atomic mass is 35.5. The maximum Gasteiger partial charge on any atom is 0.311 e. The number of halogens is 2. The SMILES string of the molecule is O=C(CCc1ncc(-c2ccccc2F)o1)Oc1ccccc1Cl. The van der Waals surface area contributed by atoms with E-state index in [4.69, 9.17) is 20.8 Å². The molecule has 0 aliphatic heterocycles. The minimum atomic E-state index is -0.450. The molecule has 3 aromatic rings. The van der Waals surface area contributed by atoms with Crippen LogP contribution in [0.15, 0.2) is 59.1 Å². The summed E-state index contributed by atoms with van der Waals surface area (Å²) in [5.41, 5.74) is 0.329. The van der Waals surface area contributed by atoms with Crippen molar-refractivity contribution in [3.8, 4) is 17.1 Å². The number of carbonyl (C=O) groups excluding carboxylic acids is 1. The molecule has 24 heavy (non-hydrogen) atoms. The number of hydrogen-bond acceptors (Lipinski definition) is 4. The Labute approximate surface area is 142 Å². The van der Waals surface area contributed by atoms with Crippen LogP contribution in [-0.2, 0) is 11.2 Å². The highest BCUT2D eigenvalue weighted by molar-refractivity contribution is 6.32. The minimum Gasteiger partial charge on any atom is -0.441 e. The van der Waals surface area contributed by atoms with E-state index < -0.39 is 11.8 Å². The van der Waals surface area contributed by atoms with Gasteiger partial charge in [0.25, 0.3) is 0 Å². The van der Waals surface area contributed by atoms with Gasteiger partial charge in [0.2, 0.25) is 0 Å². The van der Waals surface area contributed by atoms with Gasteiger partial charge in [-0.25, -0.2) is 9.37 Å². The Morgan fingerprint density at radius 2 is 1.92 bits per heavy atom. The van der Waals surface area contributed by atoms with Crippen molar-refractivity contribution in [1.82, 2.24) is 4.98 Å². The zero-order valence-corrected chi connectivity index (χ0v) is 13.3. The van der Waals surface area contributed by atoms with E-state index in [2.05, 4.69) is 4.98 Å². The molecule has 4 nitrogen and oxygen atoms in total. The summed E-state index contributed by atoms with van der Waals surface area (Å²) in [6, 6.07) is 13.0. The first-order chi connectivity index (χ1) is 11.6. The Morgan fingerprint density at radius 1 is 1.17 bits per heavy atom. The summed E-state index contributed by atoms with van der Waals surface area (Å²) in [7, 11) is 0. The predicted molar refractivity (Wildman–Crippen MR) is 87.3 cm³/mol. The first-order valence-corrected chi connectivity index (χ1v) is 7.66. The van der Waals surface area contributed by atoms with E-state index in [1.54, 1.807) is 42.5 Å². The summed E-state index contributed by atoms with van der Waals surface area (Å²) in [5.74, 6) is 0.127. The molecule has 0 amide bonds. The topological polar surface area (TPSA) is 52.3 Å². The molecule has 6 heteroatoms. The van der Waals surface area contributed by atoms with Crippen LogP contribution >= 0.6 is 11.6 Å². The summed E-state index contributed by atoms with van der Waals surface area (Å²) >= 11 is 5.93. The number of para-hydroxylation sites is 1. The third-order valence-electron chi connectivity index (χ3n) is 3.30. The molecule has 0 unspecified atom stereocenters. The largest absolute Gasteiger partial charge is 0.441 e. The van der Waals surface area contributed by atoms with Crippen LogP contribution in [0.3, 0.4) is 0 Å². The van der Waals surface area contributed by atoms with Gasteiger partial charge < -0.3 is 9.15 Å². The normalized spacial score (nSPS) is 10.6. The van der Waals surface area contributed by atoms with Gasteiger partial charge in [-0.05, 0) is 24.3 Å². The fourth-order valence-corrected chi connectivity index (χ4v) is 2.30. The predicted octanol–water partition coefficient (Wildman–Crippen LogP) is 4.67. The second-order valence-electron chi connectivity index (χ2n) is 5.00. The summed E-state index contributed by atoms with van der Waals surface area (Å²) in [6.45, 7) is 0. The third kappa shape index (κ3) is 3.81. The second-order valence-corrected chi connectivity index (χ2v) is 5.41. The van der Waals surface area contributed by atoms with Crippen molar-refractivity contribution in [2.24, 2.45) is 0 Å². The Balaban J connectivity index is 1.61. The van der Waals surface area contributed by atoms with Crippen LogP contribution in [0.5, 0.6) is 5.75 Å².